The largest absolute Gasteiger partial charge is 0.311 e. The molecular weight excluding hydrogens is 324 g/mol. The smallest absolute Gasteiger partial charge is 0.0758 e. The molecule has 19 heavy (non-hydrogen) atoms. The van der Waals surface area contributed by atoms with Crippen LogP contribution >= 0.6 is 15.9 Å². The summed E-state index contributed by atoms with van der Waals surface area (Å²) >= 11 is 3.54. The molecule has 2 atom stereocenters. The van der Waals surface area contributed by atoms with Crippen LogP contribution < -0.4 is 5.32 Å². The lowest BCUT2D eigenvalue weighted by Crippen LogP contribution is -2.27. The van der Waals surface area contributed by atoms with E-state index in [1.807, 2.05) is 25.3 Å². The lowest BCUT2D eigenvalue weighted by Gasteiger charge is -2.11. The molecule has 102 valence electrons. The van der Waals surface area contributed by atoms with Crippen molar-refractivity contribution in [2.45, 2.75) is 18.7 Å². The maximum Gasteiger partial charge on any atom is 0.0758 e. The highest BCUT2D eigenvalue weighted by Crippen LogP contribution is 2.25. The van der Waals surface area contributed by atoms with Crippen LogP contribution in [0.15, 0.2) is 34.9 Å². The lowest BCUT2D eigenvalue weighted by atomic mass is 10.1. The fraction of sp³-hybridized carbons (Fsp3) is 0.357. The minimum Gasteiger partial charge on any atom is -0.311 e. The number of benzene rings is 1. The van der Waals surface area contributed by atoms with Gasteiger partial charge < -0.3 is 5.32 Å². The molecule has 1 aromatic heterocycles. The minimum absolute atomic E-state index is 0.162. The topological polar surface area (TPSA) is 42.0 Å². The van der Waals surface area contributed by atoms with Crippen molar-refractivity contribution in [2.24, 2.45) is 0 Å². The minimum atomic E-state index is -0.785. The first-order chi connectivity index (χ1) is 9.09. The van der Waals surface area contributed by atoms with E-state index in [2.05, 4.69) is 38.4 Å². The molecular formula is C14H17BrN2OS. The molecule has 1 heterocycles. The van der Waals surface area contributed by atoms with Gasteiger partial charge in [-0.15, -0.1) is 0 Å². The molecule has 2 unspecified atom stereocenters. The van der Waals surface area contributed by atoms with Gasteiger partial charge in [0.25, 0.3) is 0 Å². The Hall–Kier alpha value is -0.780. The summed E-state index contributed by atoms with van der Waals surface area (Å²) in [5.41, 5.74) is 2.17. The highest BCUT2D eigenvalue weighted by atomic mass is 79.9. The highest BCUT2D eigenvalue weighted by Gasteiger charge is 2.08. The van der Waals surface area contributed by atoms with Crippen LogP contribution in [0.25, 0.3) is 10.9 Å². The van der Waals surface area contributed by atoms with Crippen molar-refractivity contribution in [3.63, 3.8) is 0 Å². The van der Waals surface area contributed by atoms with Crippen LogP contribution in [0.4, 0.5) is 0 Å². The molecule has 0 spiro atoms. The van der Waals surface area contributed by atoms with Crippen molar-refractivity contribution in [3.8, 4) is 0 Å². The Balaban J connectivity index is 2.13. The Morgan fingerprint density at radius 3 is 2.95 bits per heavy atom. The second-order valence-electron chi connectivity index (χ2n) is 4.55. The molecule has 1 aromatic carbocycles. The maximum absolute atomic E-state index is 11.3. The number of nitrogens with zero attached hydrogens (tertiary/aromatic N) is 1. The van der Waals surface area contributed by atoms with Gasteiger partial charge in [0.2, 0.25) is 0 Å². The van der Waals surface area contributed by atoms with Crippen LogP contribution in [0.5, 0.6) is 0 Å². The Morgan fingerprint density at radius 1 is 1.42 bits per heavy atom. The molecule has 0 bridgehead atoms. The average Bonchev–Trinajstić information content (AvgIpc) is 2.41. The van der Waals surface area contributed by atoms with E-state index in [1.54, 1.807) is 6.26 Å². The van der Waals surface area contributed by atoms with Crippen molar-refractivity contribution in [3.05, 3.63) is 40.5 Å². The van der Waals surface area contributed by atoms with E-state index in [4.69, 9.17) is 0 Å². The number of nitrogens with one attached hydrogen (secondary N) is 1. The molecule has 2 aromatic rings. The van der Waals surface area contributed by atoms with Gasteiger partial charge in [-0.2, -0.15) is 0 Å². The zero-order valence-electron chi connectivity index (χ0n) is 11.0. The van der Waals surface area contributed by atoms with E-state index in [9.17, 15) is 4.21 Å². The van der Waals surface area contributed by atoms with Gasteiger partial charge in [-0.1, -0.05) is 28.1 Å². The van der Waals surface area contributed by atoms with Crippen LogP contribution in [0.3, 0.4) is 0 Å². The number of halogens is 1. The number of rotatable bonds is 5. The van der Waals surface area contributed by atoms with E-state index in [0.717, 1.165) is 34.0 Å². The first-order valence-electron chi connectivity index (χ1n) is 6.14. The summed E-state index contributed by atoms with van der Waals surface area (Å²) in [5, 5.41) is 4.63. The Morgan fingerprint density at radius 2 is 2.21 bits per heavy atom. The van der Waals surface area contributed by atoms with Gasteiger partial charge in [0.15, 0.2) is 0 Å². The molecule has 5 heteroatoms. The zero-order valence-corrected chi connectivity index (χ0v) is 13.4. The first-order valence-corrected chi connectivity index (χ1v) is 8.56. The molecule has 0 fully saturated rings. The van der Waals surface area contributed by atoms with Gasteiger partial charge in [0.1, 0.15) is 0 Å². The lowest BCUT2D eigenvalue weighted by molar-refractivity contribution is 0.648. The van der Waals surface area contributed by atoms with Crippen molar-refractivity contribution >= 4 is 37.6 Å². The maximum atomic E-state index is 11.3. The summed E-state index contributed by atoms with van der Waals surface area (Å²) in [4.78, 5) is 4.44. The first kappa shape index (κ1) is 14.6. The molecule has 0 saturated carbocycles. The van der Waals surface area contributed by atoms with E-state index < -0.39 is 10.8 Å². The quantitative estimate of drug-likeness (QED) is 0.909. The second kappa shape index (κ2) is 6.59. The molecule has 0 aliphatic rings. The predicted molar refractivity (Wildman–Crippen MR) is 84.7 cm³/mol. The third-order valence-electron chi connectivity index (χ3n) is 3.11. The summed E-state index contributed by atoms with van der Waals surface area (Å²) in [7, 11) is -0.785. The van der Waals surface area contributed by atoms with E-state index >= 15 is 0 Å². The molecule has 1 N–H and O–H groups in total. The van der Waals surface area contributed by atoms with Crippen molar-refractivity contribution < 1.29 is 4.21 Å². The molecule has 0 radical (unpaired) electrons. The summed E-state index contributed by atoms with van der Waals surface area (Å²) in [6, 6.07) is 8.11. The van der Waals surface area contributed by atoms with Crippen LogP contribution in [0.1, 0.15) is 12.5 Å². The summed E-state index contributed by atoms with van der Waals surface area (Å²) in [5.74, 6) is 0. The van der Waals surface area contributed by atoms with E-state index in [0.29, 0.717) is 0 Å². The number of hydrogen-bond acceptors (Lipinski definition) is 3. The predicted octanol–water partition coefficient (Wildman–Crippen LogP) is 2.85. The highest BCUT2D eigenvalue weighted by molar-refractivity contribution is 9.10. The Labute approximate surface area is 124 Å². The van der Waals surface area contributed by atoms with Crippen molar-refractivity contribution in [2.75, 3.05) is 12.8 Å². The number of aromatic nitrogens is 1. The number of pyridine rings is 1. The van der Waals surface area contributed by atoms with E-state index in [1.165, 1.54) is 0 Å². The molecule has 0 aliphatic heterocycles. The van der Waals surface area contributed by atoms with Gasteiger partial charge >= 0.3 is 0 Å². The number of hydrogen-bond donors (Lipinski definition) is 1. The Kier molecular flexibility index (Phi) is 5.07. The molecule has 3 nitrogen and oxygen atoms in total. The number of fused-ring (bicyclic) bond motifs is 1. The van der Waals surface area contributed by atoms with Crippen molar-refractivity contribution in [1.82, 2.24) is 10.3 Å². The SMILES string of the molecule is CC(CNCc1ccc(Br)c2cccnc12)S(C)=O. The zero-order chi connectivity index (χ0) is 13.8. The van der Waals surface area contributed by atoms with Crippen LogP contribution in [0.2, 0.25) is 0 Å². The van der Waals surface area contributed by atoms with Gasteiger partial charge in [-0.3, -0.25) is 9.19 Å². The van der Waals surface area contributed by atoms with Crippen molar-refractivity contribution in [1.29, 1.82) is 0 Å². The van der Waals surface area contributed by atoms with Gasteiger partial charge in [0, 0.05) is 51.5 Å². The van der Waals surface area contributed by atoms with Gasteiger partial charge in [-0.25, -0.2) is 0 Å². The molecule has 0 aliphatic carbocycles. The van der Waals surface area contributed by atoms with Crippen LogP contribution in [-0.4, -0.2) is 27.2 Å². The Bertz CT molecular complexity index is 603. The normalized spacial score (nSPS) is 14.5. The fourth-order valence-electron chi connectivity index (χ4n) is 1.87. The summed E-state index contributed by atoms with van der Waals surface area (Å²) in [6.45, 7) is 3.47. The summed E-state index contributed by atoms with van der Waals surface area (Å²) in [6.07, 6.45) is 3.55. The van der Waals surface area contributed by atoms with Gasteiger partial charge in [0.05, 0.1) is 5.52 Å². The van der Waals surface area contributed by atoms with Gasteiger partial charge in [-0.05, 0) is 24.6 Å². The molecule has 2 rings (SSSR count). The van der Waals surface area contributed by atoms with Crippen LogP contribution in [-0.2, 0) is 17.3 Å². The summed E-state index contributed by atoms with van der Waals surface area (Å²) < 4.78 is 12.4. The van der Waals surface area contributed by atoms with E-state index in [-0.39, 0.29) is 5.25 Å². The standard InChI is InChI=1S/C14H17BrN2OS/c1-10(19(2)18)8-16-9-11-5-6-13(15)12-4-3-7-17-14(11)12/h3-7,10,16H,8-9H2,1-2H3. The molecule has 0 saturated heterocycles. The third-order valence-corrected chi connectivity index (χ3v) is 5.11. The fourth-order valence-corrected chi connectivity index (χ4v) is 2.67. The van der Waals surface area contributed by atoms with Crippen LogP contribution in [0, 0.1) is 0 Å². The third kappa shape index (κ3) is 3.61. The second-order valence-corrected chi connectivity index (χ2v) is 7.20. The monoisotopic (exact) mass is 340 g/mol. The molecule has 0 amide bonds. The average molecular weight is 341 g/mol.